The zero-order chi connectivity index (χ0) is 26.1. The summed E-state index contributed by atoms with van der Waals surface area (Å²) in [6.45, 7) is 13.1. The van der Waals surface area contributed by atoms with Crippen molar-refractivity contribution < 1.29 is 27.8 Å². The average molecular weight is 485 g/mol. The SMILES string of the molecule is CCCCOc1c(CN(C(=O)O)C(C)(C)C)n(CC(C)(C)C)c(=O)c2ccc(C(F)(F)F)cc12. The van der Waals surface area contributed by atoms with Gasteiger partial charge in [0, 0.05) is 17.5 Å². The summed E-state index contributed by atoms with van der Waals surface area (Å²) in [5.74, 6) is 0.119. The minimum atomic E-state index is -4.60. The fourth-order valence-corrected chi connectivity index (χ4v) is 3.66. The van der Waals surface area contributed by atoms with Gasteiger partial charge in [0.25, 0.3) is 5.56 Å². The van der Waals surface area contributed by atoms with Gasteiger partial charge < -0.3 is 14.4 Å². The first-order valence-electron chi connectivity index (χ1n) is 11.4. The van der Waals surface area contributed by atoms with Crippen molar-refractivity contribution in [2.45, 2.75) is 86.1 Å². The third kappa shape index (κ3) is 6.45. The van der Waals surface area contributed by atoms with Gasteiger partial charge in [-0.05, 0) is 50.8 Å². The quantitative estimate of drug-likeness (QED) is 0.454. The van der Waals surface area contributed by atoms with Gasteiger partial charge in [0.2, 0.25) is 0 Å². The number of carbonyl (C=O) groups is 1. The molecule has 0 spiro atoms. The molecule has 2 aromatic rings. The molecule has 0 aliphatic heterocycles. The lowest BCUT2D eigenvalue weighted by atomic mass is 9.95. The van der Waals surface area contributed by atoms with Crippen LogP contribution in [0, 0.1) is 5.41 Å². The molecule has 1 heterocycles. The number of hydrogen-bond acceptors (Lipinski definition) is 3. The molecule has 34 heavy (non-hydrogen) atoms. The molecule has 0 unspecified atom stereocenters. The maximum atomic E-state index is 13.5. The van der Waals surface area contributed by atoms with Crippen LogP contribution in [-0.4, -0.2) is 32.8 Å². The standard InChI is InChI=1S/C25H35F3N2O4/c1-8-9-12-34-20-18-13-16(25(26,27)28)10-11-17(18)21(31)29(15-23(2,3)4)19(20)14-30(22(32)33)24(5,6)7/h10-11,13H,8-9,12,14-15H2,1-7H3,(H,32,33). The number of aromatic nitrogens is 1. The van der Waals surface area contributed by atoms with Crippen LogP contribution in [0.25, 0.3) is 10.8 Å². The first-order valence-corrected chi connectivity index (χ1v) is 11.4. The Morgan fingerprint density at radius 3 is 2.18 bits per heavy atom. The highest BCUT2D eigenvalue weighted by molar-refractivity contribution is 5.89. The van der Waals surface area contributed by atoms with Crippen molar-refractivity contribution in [1.29, 1.82) is 0 Å². The maximum Gasteiger partial charge on any atom is 0.416 e. The molecule has 0 aliphatic carbocycles. The predicted octanol–water partition coefficient (Wildman–Crippen LogP) is 6.52. The Morgan fingerprint density at radius 1 is 1.09 bits per heavy atom. The number of pyridine rings is 1. The van der Waals surface area contributed by atoms with Crippen molar-refractivity contribution in [2.24, 2.45) is 5.41 Å². The number of alkyl halides is 3. The molecule has 6 nitrogen and oxygen atoms in total. The largest absolute Gasteiger partial charge is 0.491 e. The van der Waals surface area contributed by atoms with Crippen LogP contribution in [0.2, 0.25) is 0 Å². The van der Waals surface area contributed by atoms with Crippen LogP contribution < -0.4 is 10.3 Å². The van der Waals surface area contributed by atoms with Gasteiger partial charge in [0.05, 0.1) is 29.8 Å². The minimum absolute atomic E-state index is 0.0373. The fraction of sp³-hybridized carbons (Fsp3) is 0.600. The molecule has 190 valence electrons. The molecular formula is C25H35F3N2O4. The van der Waals surface area contributed by atoms with E-state index < -0.39 is 28.9 Å². The van der Waals surface area contributed by atoms with E-state index in [1.165, 1.54) is 10.6 Å². The van der Waals surface area contributed by atoms with Gasteiger partial charge in [-0.1, -0.05) is 34.1 Å². The van der Waals surface area contributed by atoms with E-state index in [0.717, 1.165) is 23.5 Å². The maximum absolute atomic E-state index is 13.5. The van der Waals surface area contributed by atoms with Crippen LogP contribution in [0.1, 0.15) is 72.6 Å². The molecule has 0 saturated heterocycles. The second-order valence-electron chi connectivity index (χ2n) is 10.7. The van der Waals surface area contributed by atoms with Crippen molar-refractivity contribution >= 4 is 16.9 Å². The minimum Gasteiger partial charge on any atom is -0.491 e. The van der Waals surface area contributed by atoms with Crippen LogP contribution in [0.4, 0.5) is 18.0 Å². The highest BCUT2D eigenvalue weighted by atomic mass is 19.4. The third-order valence-corrected chi connectivity index (χ3v) is 5.38. The number of unbranched alkanes of at least 4 members (excludes halogenated alkanes) is 1. The summed E-state index contributed by atoms with van der Waals surface area (Å²) < 4.78 is 48.0. The zero-order valence-corrected chi connectivity index (χ0v) is 21.0. The Hall–Kier alpha value is -2.71. The molecule has 0 aliphatic rings. The summed E-state index contributed by atoms with van der Waals surface area (Å²) in [6.07, 6.45) is -4.36. The lowest BCUT2D eigenvalue weighted by molar-refractivity contribution is -0.137. The molecule has 0 bridgehead atoms. The lowest BCUT2D eigenvalue weighted by Gasteiger charge is -2.35. The number of benzene rings is 1. The average Bonchev–Trinajstić information content (AvgIpc) is 2.67. The van der Waals surface area contributed by atoms with E-state index in [1.807, 2.05) is 27.7 Å². The second-order valence-corrected chi connectivity index (χ2v) is 10.7. The second kappa shape index (κ2) is 9.88. The van der Waals surface area contributed by atoms with Gasteiger partial charge in [-0.2, -0.15) is 13.2 Å². The summed E-state index contributed by atoms with van der Waals surface area (Å²) in [4.78, 5) is 26.8. The van der Waals surface area contributed by atoms with Crippen molar-refractivity contribution in [2.75, 3.05) is 6.61 Å². The van der Waals surface area contributed by atoms with E-state index in [0.29, 0.717) is 6.42 Å². The number of nitrogens with zero attached hydrogens (tertiary/aromatic N) is 2. The van der Waals surface area contributed by atoms with Gasteiger partial charge in [-0.15, -0.1) is 0 Å². The van der Waals surface area contributed by atoms with E-state index in [9.17, 15) is 27.9 Å². The Morgan fingerprint density at radius 2 is 1.71 bits per heavy atom. The van der Waals surface area contributed by atoms with Crippen molar-refractivity contribution in [3.05, 3.63) is 39.8 Å². The van der Waals surface area contributed by atoms with Gasteiger partial charge >= 0.3 is 12.3 Å². The van der Waals surface area contributed by atoms with Crippen molar-refractivity contribution in [3.63, 3.8) is 0 Å². The van der Waals surface area contributed by atoms with E-state index in [-0.39, 0.29) is 47.3 Å². The highest BCUT2D eigenvalue weighted by Crippen LogP contribution is 2.37. The molecule has 1 amide bonds. The van der Waals surface area contributed by atoms with Gasteiger partial charge in [-0.25, -0.2) is 4.79 Å². The normalized spacial score (nSPS) is 12.8. The zero-order valence-electron chi connectivity index (χ0n) is 21.0. The first-order chi connectivity index (χ1) is 15.5. The molecule has 1 aromatic heterocycles. The number of rotatable bonds is 7. The summed E-state index contributed by atoms with van der Waals surface area (Å²) in [7, 11) is 0. The molecule has 0 fully saturated rings. The topological polar surface area (TPSA) is 71.8 Å². The molecule has 1 N–H and O–H groups in total. The van der Waals surface area contributed by atoms with Crippen LogP contribution in [0.3, 0.4) is 0 Å². The summed E-state index contributed by atoms with van der Waals surface area (Å²) >= 11 is 0. The number of ether oxygens (including phenoxy) is 1. The monoisotopic (exact) mass is 484 g/mol. The van der Waals surface area contributed by atoms with Crippen LogP contribution >= 0.6 is 0 Å². The number of halogens is 3. The summed E-state index contributed by atoms with van der Waals surface area (Å²) in [5.41, 5.74) is -2.31. The lowest BCUT2D eigenvalue weighted by Crippen LogP contribution is -2.45. The molecule has 0 saturated carbocycles. The van der Waals surface area contributed by atoms with Crippen molar-refractivity contribution in [1.82, 2.24) is 9.47 Å². The molecule has 0 atom stereocenters. The molecule has 0 radical (unpaired) electrons. The smallest absolute Gasteiger partial charge is 0.416 e. The first kappa shape index (κ1) is 27.5. The number of hydrogen-bond donors (Lipinski definition) is 1. The van der Waals surface area contributed by atoms with E-state index >= 15 is 0 Å². The van der Waals surface area contributed by atoms with Crippen LogP contribution in [-0.2, 0) is 19.3 Å². The predicted molar refractivity (Wildman–Crippen MR) is 126 cm³/mol. The molecule has 1 aromatic carbocycles. The Bertz CT molecular complexity index is 1090. The molecule has 2 rings (SSSR count). The van der Waals surface area contributed by atoms with Crippen molar-refractivity contribution in [3.8, 4) is 5.75 Å². The fourth-order valence-electron chi connectivity index (χ4n) is 3.66. The van der Waals surface area contributed by atoms with E-state index in [2.05, 4.69) is 0 Å². The summed E-state index contributed by atoms with van der Waals surface area (Å²) in [6, 6.07) is 2.99. The van der Waals surface area contributed by atoms with Gasteiger partial charge in [-0.3, -0.25) is 9.69 Å². The Balaban J connectivity index is 2.97. The third-order valence-electron chi connectivity index (χ3n) is 5.38. The van der Waals surface area contributed by atoms with E-state index in [1.54, 1.807) is 20.8 Å². The van der Waals surface area contributed by atoms with Gasteiger partial charge in [0.1, 0.15) is 5.75 Å². The summed E-state index contributed by atoms with van der Waals surface area (Å²) in [5, 5.41) is 10.0. The van der Waals surface area contributed by atoms with Crippen LogP contribution in [0.15, 0.2) is 23.0 Å². The Labute approximate surface area is 198 Å². The van der Waals surface area contributed by atoms with Crippen LogP contribution in [0.5, 0.6) is 5.75 Å². The molecule has 9 heteroatoms. The molecular weight excluding hydrogens is 449 g/mol. The highest BCUT2D eigenvalue weighted by Gasteiger charge is 2.33. The number of carboxylic acid groups (broad SMARTS) is 1. The number of amides is 1. The van der Waals surface area contributed by atoms with E-state index in [4.69, 9.17) is 4.74 Å². The number of fused-ring (bicyclic) bond motifs is 1. The van der Waals surface area contributed by atoms with Gasteiger partial charge in [0.15, 0.2) is 0 Å². The Kier molecular flexibility index (Phi) is 8.00.